The molecule has 1 N–H and O–H groups in total. The Balaban J connectivity index is 1.82. The summed E-state index contributed by atoms with van der Waals surface area (Å²) in [5, 5.41) is 8.89. The normalized spacial score (nSPS) is 25.4. The van der Waals surface area contributed by atoms with Crippen LogP contribution in [0.3, 0.4) is 0 Å². The molecule has 0 aromatic heterocycles. The largest absolute Gasteiger partial charge is 0.481 e. The van der Waals surface area contributed by atoms with Crippen LogP contribution in [0.5, 0.6) is 0 Å². The summed E-state index contributed by atoms with van der Waals surface area (Å²) in [6.07, 6.45) is 0.486. The van der Waals surface area contributed by atoms with Crippen LogP contribution in [0.2, 0.25) is 0 Å². The van der Waals surface area contributed by atoms with Crippen molar-refractivity contribution in [3.8, 4) is 0 Å². The van der Waals surface area contributed by atoms with Crippen LogP contribution in [-0.2, 0) is 9.59 Å². The first-order valence-corrected chi connectivity index (χ1v) is 6.93. The van der Waals surface area contributed by atoms with Gasteiger partial charge in [0, 0.05) is 17.2 Å². The van der Waals surface area contributed by atoms with Gasteiger partial charge in [0.2, 0.25) is 5.91 Å². The van der Waals surface area contributed by atoms with E-state index in [2.05, 4.69) is 0 Å². The second kappa shape index (κ2) is 4.31. The van der Waals surface area contributed by atoms with Crippen molar-refractivity contribution >= 4 is 29.3 Å². The summed E-state index contributed by atoms with van der Waals surface area (Å²) in [4.78, 5) is 26.0. The van der Waals surface area contributed by atoms with E-state index in [0.717, 1.165) is 16.3 Å². The molecule has 2 aliphatic rings. The lowest BCUT2D eigenvalue weighted by Gasteiger charge is -2.29. The van der Waals surface area contributed by atoms with Gasteiger partial charge in [-0.15, -0.1) is 11.8 Å². The zero-order chi connectivity index (χ0) is 12.7. The topological polar surface area (TPSA) is 57.6 Å². The Kier molecular flexibility index (Phi) is 2.78. The van der Waals surface area contributed by atoms with Crippen molar-refractivity contribution in [1.82, 2.24) is 0 Å². The van der Waals surface area contributed by atoms with Gasteiger partial charge in [-0.05, 0) is 18.6 Å². The van der Waals surface area contributed by atoms with E-state index in [1.807, 2.05) is 24.3 Å². The minimum atomic E-state index is -0.854. The highest BCUT2D eigenvalue weighted by Crippen LogP contribution is 2.43. The zero-order valence-electron chi connectivity index (χ0n) is 9.70. The van der Waals surface area contributed by atoms with E-state index in [1.54, 1.807) is 16.7 Å². The Morgan fingerprint density at radius 3 is 2.78 bits per heavy atom. The maximum Gasteiger partial charge on any atom is 0.307 e. The van der Waals surface area contributed by atoms with Crippen molar-refractivity contribution in [2.24, 2.45) is 11.8 Å². The number of rotatable bonds is 2. The molecule has 18 heavy (non-hydrogen) atoms. The highest BCUT2D eigenvalue weighted by molar-refractivity contribution is 7.99. The first-order valence-electron chi connectivity index (χ1n) is 5.94. The van der Waals surface area contributed by atoms with Crippen LogP contribution < -0.4 is 4.90 Å². The number of nitrogens with zero attached hydrogens (tertiary/aromatic N) is 1. The molecule has 1 amide bonds. The number of benzene rings is 1. The maximum atomic E-state index is 12.3. The minimum absolute atomic E-state index is 0.0323. The molecule has 4 nitrogen and oxygen atoms in total. The highest BCUT2D eigenvalue weighted by atomic mass is 32.2. The van der Waals surface area contributed by atoms with Gasteiger partial charge in [-0.25, -0.2) is 0 Å². The number of amides is 1. The molecule has 0 spiro atoms. The molecule has 1 fully saturated rings. The zero-order valence-corrected chi connectivity index (χ0v) is 10.5. The summed E-state index contributed by atoms with van der Waals surface area (Å²) in [6.45, 7) is 0.670. The van der Waals surface area contributed by atoms with Crippen LogP contribution in [0.4, 0.5) is 5.69 Å². The van der Waals surface area contributed by atoms with Crippen molar-refractivity contribution in [3.63, 3.8) is 0 Å². The van der Waals surface area contributed by atoms with Gasteiger partial charge in [-0.2, -0.15) is 0 Å². The van der Waals surface area contributed by atoms with Crippen LogP contribution in [0, 0.1) is 11.8 Å². The summed E-state index contributed by atoms with van der Waals surface area (Å²) >= 11 is 1.74. The minimum Gasteiger partial charge on any atom is -0.481 e. The second-order valence-corrected chi connectivity index (χ2v) is 5.73. The van der Waals surface area contributed by atoms with Crippen LogP contribution in [0.25, 0.3) is 0 Å². The fraction of sp³-hybridized carbons (Fsp3) is 0.385. The fourth-order valence-corrected chi connectivity index (χ4v) is 3.33. The third-order valence-corrected chi connectivity index (χ3v) is 4.46. The predicted octanol–water partition coefficient (Wildman–Crippen LogP) is 1.85. The number of fused-ring (bicyclic) bond motifs is 1. The summed E-state index contributed by atoms with van der Waals surface area (Å²) < 4.78 is 0. The number of hydrogen-bond donors (Lipinski definition) is 1. The van der Waals surface area contributed by atoms with E-state index < -0.39 is 11.9 Å². The molecular formula is C13H13NO3S. The Hall–Kier alpha value is -1.49. The molecular weight excluding hydrogens is 250 g/mol. The van der Waals surface area contributed by atoms with Crippen molar-refractivity contribution in [1.29, 1.82) is 0 Å². The average molecular weight is 263 g/mol. The molecule has 0 radical (unpaired) electrons. The van der Waals surface area contributed by atoms with Gasteiger partial charge in [0.25, 0.3) is 0 Å². The smallest absolute Gasteiger partial charge is 0.307 e. The first-order chi connectivity index (χ1) is 8.68. The van der Waals surface area contributed by atoms with Gasteiger partial charge < -0.3 is 10.0 Å². The molecule has 0 saturated heterocycles. The summed E-state index contributed by atoms with van der Waals surface area (Å²) in [7, 11) is 0. The summed E-state index contributed by atoms with van der Waals surface area (Å²) in [6, 6.07) is 7.79. The standard InChI is InChI=1S/C13H13NO3S/c15-12(8-7-9(8)13(16)17)14-5-6-18-11-4-2-1-3-10(11)14/h1-4,8-9H,5-7H2,(H,16,17)/t8-,9+/m1/s1. The van der Waals surface area contributed by atoms with Gasteiger partial charge >= 0.3 is 5.97 Å². The molecule has 1 aliphatic carbocycles. The van der Waals surface area contributed by atoms with Gasteiger partial charge in [0.05, 0.1) is 17.5 Å². The molecule has 5 heteroatoms. The third-order valence-electron chi connectivity index (χ3n) is 3.42. The van der Waals surface area contributed by atoms with Crippen molar-refractivity contribution in [3.05, 3.63) is 24.3 Å². The SMILES string of the molecule is O=C(O)[C@H]1C[C@H]1C(=O)N1CCSc2ccccc21. The van der Waals surface area contributed by atoms with Crippen molar-refractivity contribution in [2.45, 2.75) is 11.3 Å². The van der Waals surface area contributed by atoms with Crippen molar-refractivity contribution < 1.29 is 14.7 Å². The Morgan fingerprint density at radius 1 is 1.28 bits per heavy atom. The number of hydrogen-bond acceptors (Lipinski definition) is 3. The number of aliphatic carboxylic acids is 1. The number of carbonyl (C=O) groups excluding carboxylic acids is 1. The number of carboxylic acid groups (broad SMARTS) is 1. The number of anilines is 1. The number of thioether (sulfide) groups is 1. The maximum absolute atomic E-state index is 12.3. The van der Waals surface area contributed by atoms with Gasteiger partial charge in [0.15, 0.2) is 0 Å². The monoisotopic (exact) mass is 263 g/mol. The molecule has 1 aromatic rings. The molecule has 1 aliphatic heterocycles. The molecule has 1 saturated carbocycles. The molecule has 1 aromatic carbocycles. The number of carboxylic acids is 1. The van der Waals surface area contributed by atoms with E-state index in [9.17, 15) is 9.59 Å². The molecule has 2 atom stereocenters. The third kappa shape index (κ3) is 1.88. The summed E-state index contributed by atoms with van der Waals surface area (Å²) in [5.74, 6) is -0.811. The first kappa shape index (κ1) is 11.6. The lowest BCUT2D eigenvalue weighted by molar-refractivity contribution is -0.140. The fourth-order valence-electron chi connectivity index (χ4n) is 2.34. The Bertz CT molecular complexity index is 517. The predicted molar refractivity (Wildman–Crippen MR) is 68.8 cm³/mol. The van der Waals surface area contributed by atoms with Gasteiger partial charge in [0.1, 0.15) is 0 Å². The van der Waals surface area contributed by atoms with Crippen LogP contribution in [-0.4, -0.2) is 29.3 Å². The Labute approximate surface area is 109 Å². The van der Waals surface area contributed by atoms with Crippen molar-refractivity contribution in [2.75, 3.05) is 17.2 Å². The lowest BCUT2D eigenvalue weighted by atomic mass is 10.2. The van der Waals surface area contributed by atoms with Crippen LogP contribution in [0.1, 0.15) is 6.42 Å². The second-order valence-electron chi connectivity index (χ2n) is 4.59. The van der Waals surface area contributed by atoms with Crippen LogP contribution >= 0.6 is 11.8 Å². The van der Waals surface area contributed by atoms with Crippen LogP contribution in [0.15, 0.2) is 29.2 Å². The van der Waals surface area contributed by atoms with E-state index in [0.29, 0.717) is 13.0 Å². The lowest BCUT2D eigenvalue weighted by Crippen LogP contribution is -2.37. The molecule has 94 valence electrons. The highest BCUT2D eigenvalue weighted by Gasteiger charge is 2.50. The summed E-state index contributed by atoms with van der Waals surface area (Å²) in [5.41, 5.74) is 0.926. The number of carbonyl (C=O) groups is 2. The van der Waals surface area contributed by atoms with E-state index in [4.69, 9.17) is 5.11 Å². The molecule has 3 rings (SSSR count). The van der Waals surface area contributed by atoms with E-state index in [-0.39, 0.29) is 11.8 Å². The van der Waals surface area contributed by atoms with E-state index in [1.165, 1.54) is 0 Å². The Morgan fingerprint density at radius 2 is 2.06 bits per heavy atom. The van der Waals surface area contributed by atoms with Gasteiger partial charge in [-0.3, -0.25) is 9.59 Å². The molecule has 0 bridgehead atoms. The molecule has 0 unspecified atom stereocenters. The quantitative estimate of drug-likeness (QED) is 0.884. The average Bonchev–Trinajstić information content (AvgIpc) is 3.17. The number of para-hydroxylation sites is 1. The van der Waals surface area contributed by atoms with Gasteiger partial charge in [-0.1, -0.05) is 12.1 Å². The molecule has 1 heterocycles. The van der Waals surface area contributed by atoms with E-state index >= 15 is 0 Å².